The zero-order valence-electron chi connectivity index (χ0n) is 10.8. The minimum atomic E-state index is 0.620. The van der Waals surface area contributed by atoms with E-state index in [0.29, 0.717) is 6.04 Å². The molecule has 0 aromatic carbocycles. The van der Waals surface area contributed by atoms with E-state index in [-0.39, 0.29) is 0 Å². The molecule has 1 heterocycles. The average molecular weight is 221 g/mol. The van der Waals surface area contributed by atoms with Crippen LogP contribution in [0.15, 0.2) is 6.07 Å². The second kappa shape index (κ2) is 4.58. The standard InChI is InChI=1S/C13H23N3/c1-5-10-7-11(16(4)15-10)8-13(14-3)12-6-9(12)2/h7,9,12-14H,5-6,8H2,1-4H3. The van der Waals surface area contributed by atoms with E-state index >= 15 is 0 Å². The molecule has 2 rings (SSSR count). The Kier molecular flexibility index (Phi) is 3.33. The highest BCUT2D eigenvalue weighted by molar-refractivity contribution is 5.13. The van der Waals surface area contributed by atoms with Crippen molar-refractivity contribution in [2.24, 2.45) is 18.9 Å². The number of hydrogen-bond acceptors (Lipinski definition) is 2. The van der Waals surface area contributed by atoms with Gasteiger partial charge < -0.3 is 5.32 Å². The molecule has 3 atom stereocenters. The summed E-state index contributed by atoms with van der Waals surface area (Å²) in [6, 6.07) is 2.87. The van der Waals surface area contributed by atoms with Gasteiger partial charge in [0.25, 0.3) is 0 Å². The molecule has 0 saturated heterocycles. The molecule has 0 bridgehead atoms. The fourth-order valence-corrected chi connectivity index (χ4v) is 2.54. The zero-order chi connectivity index (χ0) is 11.7. The van der Waals surface area contributed by atoms with Gasteiger partial charge in [0.1, 0.15) is 0 Å². The van der Waals surface area contributed by atoms with Gasteiger partial charge in [-0.05, 0) is 37.8 Å². The van der Waals surface area contributed by atoms with Gasteiger partial charge in [-0.15, -0.1) is 0 Å². The Hall–Kier alpha value is -0.830. The van der Waals surface area contributed by atoms with Crippen LogP contribution >= 0.6 is 0 Å². The van der Waals surface area contributed by atoms with E-state index in [1.165, 1.54) is 17.8 Å². The predicted octanol–water partition coefficient (Wildman–Crippen LogP) is 1.77. The lowest BCUT2D eigenvalue weighted by Gasteiger charge is -2.15. The molecule has 1 fully saturated rings. The molecule has 3 nitrogen and oxygen atoms in total. The van der Waals surface area contributed by atoms with Gasteiger partial charge in [0.15, 0.2) is 0 Å². The van der Waals surface area contributed by atoms with Crippen molar-refractivity contribution in [1.82, 2.24) is 15.1 Å². The maximum atomic E-state index is 4.50. The molecular formula is C13H23N3. The second-order valence-corrected chi connectivity index (χ2v) is 5.08. The van der Waals surface area contributed by atoms with Crippen molar-refractivity contribution in [2.75, 3.05) is 7.05 Å². The quantitative estimate of drug-likeness (QED) is 0.821. The summed E-state index contributed by atoms with van der Waals surface area (Å²) < 4.78 is 2.04. The largest absolute Gasteiger partial charge is 0.316 e. The molecule has 90 valence electrons. The van der Waals surface area contributed by atoms with E-state index < -0.39 is 0 Å². The average Bonchev–Trinajstić information content (AvgIpc) is 2.88. The molecule has 1 saturated carbocycles. The number of hydrogen-bond donors (Lipinski definition) is 1. The van der Waals surface area contributed by atoms with Gasteiger partial charge >= 0.3 is 0 Å². The van der Waals surface area contributed by atoms with Gasteiger partial charge in [-0.2, -0.15) is 5.10 Å². The molecule has 0 amide bonds. The number of rotatable bonds is 5. The van der Waals surface area contributed by atoms with Crippen LogP contribution in [0, 0.1) is 11.8 Å². The smallest absolute Gasteiger partial charge is 0.0624 e. The predicted molar refractivity (Wildman–Crippen MR) is 66.4 cm³/mol. The van der Waals surface area contributed by atoms with E-state index in [1.807, 2.05) is 4.68 Å². The highest BCUT2D eigenvalue weighted by Gasteiger charge is 2.38. The maximum Gasteiger partial charge on any atom is 0.0624 e. The third-order valence-corrected chi connectivity index (χ3v) is 3.88. The number of likely N-dealkylation sites (N-methyl/N-ethyl adjacent to an activating group) is 1. The van der Waals surface area contributed by atoms with Crippen molar-refractivity contribution < 1.29 is 0 Å². The Morgan fingerprint density at radius 3 is 2.75 bits per heavy atom. The Morgan fingerprint density at radius 2 is 2.31 bits per heavy atom. The summed E-state index contributed by atoms with van der Waals surface area (Å²) in [5.41, 5.74) is 2.56. The Balaban J connectivity index is 2.03. The number of aromatic nitrogens is 2. The normalized spacial score (nSPS) is 25.8. The third kappa shape index (κ3) is 2.29. The highest BCUT2D eigenvalue weighted by atomic mass is 15.3. The number of aryl methyl sites for hydroxylation is 2. The molecule has 0 aliphatic heterocycles. The first kappa shape index (κ1) is 11.6. The molecule has 1 N–H and O–H groups in total. The molecule has 16 heavy (non-hydrogen) atoms. The summed E-state index contributed by atoms with van der Waals surface area (Å²) in [4.78, 5) is 0. The highest BCUT2D eigenvalue weighted by Crippen LogP contribution is 2.41. The van der Waals surface area contributed by atoms with Crippen molar-refractivity contribution in [1.29, 1.82) is 0 Å². The van der Waals surface area contributed by atoms with Gasteiger partial charge in [0, 0.05) is 25.2 Å². The Morgan fingerprint density at radius 1 is 1.62 bits per heavy atom. The Bertz CT molecular complexity index is 356. The molecule has 3 unspecified atom stereocenters. The lowest BCUT2D eigenvalue weighted by molar-refractivity contribution is 0.466. The first-order valence-corrected chi connectivity index (χ1v) is 6.34. The summed E-state index contributed by atoms with van der Waals surface area (Å²) in [5, 5.41) is 7.96. The number of nitrogens with zero attached hydrogens (tertiary/aromatic N) is 2. The van der Waals surface area contributed by atoms with Crippen LogP contribution in [0.3, 0.4) is 0 Å². The molecular weight excluding hydrogens is 198 g/mol. The molecule has 1 aliphatic carbocycles. The summed E-state index contributed by atoms with van der Waals surface area (Å²) in [7, 11) is 4.13. The first-order valence-electron chi connectivity index (χ1n) is 6.34. The van der Waals surface area contributed by atoms with Crippen LogP contribution in [0.25, 0.3) is 0 Å². The van der Waals surface area contributed by atoms with Crippen molar-refractivity contribution in [3.63, 3.8) is 0 Å². The van der Waals surface area contributed by atoms with Gasteiger partial charge in [-0.1, -0.05) is 13.8 Å². The molecule has 1 aromatic rings. The van der Waals surface area contributed by atoms with Crippen molar-refractivity contribution in [2.45, 2.75) is 39.2 Å². The zero-order valence-corrected chi connectivity index (χ0v) is 10.8. The minimum Gasteiger partial charge on any atom is -0.316 e. The van der Waals surface area contributed by atoms with Crippen LogP contribution < -0.4 is 5.32 Å². The van der Waals surface area contributed by atoms with Crippen LogP contribution in [-0.2, 0) is 19.9 Å². The SMILES string of the molecule is CCc1cc(CC(NC)C2CC2C)n(C)n1. The van der Waals surface area contributed by atoms with E-state index in [2.05, 4.69) is 44.4 Å². The third-order valence-electron chi connectivity index (χ3n) is 3.88. The van der Waals surface area contributed by atoms with Crippen molar-refractivity contribution in [3.05, 3.63) is 17.5 Å². The summed E-state index contributed by atoms with van der Waals surface area (Å²) in [5.74, 6) is 1.77. The van der Waals surface area contributed by atoms with Crippen molar-refractivity contribution in [3.8, 4) is 0 Å². The topological polar surface area (TPSA) is 29.9 Å². The van der Waals surface area contributed by atoms with E-state index in [0.717, 1.165) is 24.7 Å². The van der Waals surface area contributed by atoms with Gasteiger partial charge in [-0.3, -0.25) is 4.68 Å². The van der Waals surface area contributed by atoms with Gasteiger partial charge in [0.05, 0.1) is 5.69 Å². The Labute approximate surface area is 98.2 Å². The number of nitrogens with one attached hydrogen (secondary N) is 1. The van der Waals surface area contributed by atoms with E-state index in [1.54, 1.807) is 0 Å². The monoisotopic (exact) mass is 221 g/mol. The van der Waals surface area contributed by atoms with Gasteiger partial charge in [-0.25, -0.2) is 0 Å². The first-order chi connectivity index (χ1) is 7.65. The molecule has 3 heteroatoms. The fourth-order valence-electron chi connectivity index (χ4n) is 2.54. The van der Waals surface area contributed by atoms with Crippen LogP contribution in [0.5, 0.6) is 0 Å². The second-order valence-electron chi connectivity index (χ2n) is 5.08. The summed E-state index contributed by atoms with van der Waals surface area (Å²) in [6.45, 7) is 4.50. The van der Waals surface area contributed by atoms with Gasteiger partial charge in [0.2, 0.25) is 0 Å². The molecule has 0 radical (unpaired) electrons. The summed E-state index contributed by atoms with van der Waals surface area (Å²) >= 11 is 0. The molecule has 1 aromatic heterocycles. The van der Waals surface area contributed by atoms with E-state index in [9.17, 15) is 0 Å². The molecule has 0 spiro atoms. The maximum absolute atomic E-state index is 4.50. The summed E-state index contributed by atoms with van der Waals surface area (Å²) in [6.07, 6.45) is 3.51. The van der Waals surface area contributed by atoms with E-state index in [4.69, 9.17) is 0 Å². The lowest BCUT2D eigenvalue weighted by atomic mass is 10.0. The van der Waals surface area contributed by atoms with Crippen LogP contribution in [0.4, 0.5) is 0 Å². The fraction of sp³-hybridized carbons (Fsp3) is 0.769. The van der Waals surface area contributed by atoms with Crippen LogP contribution in [-0.4, -0.2) is 22.9 Å². The van der Waals surface area contributed by atoms with Crippen molar-refractivity contribution >= 4 is 0 Å². The minimum absolute atomic E-state index is 0.620. The lowest BCUT2D eigenvalue weighted by Crippen LogP contribution is -2.31. The van der Waals surface area contributed by atoms with Crippen LogP contribution in [0.1, 0.15) is 31.7 Å². The van der Waals surface area contributed by atoms with Crippen LogP contribution in [0.2, 0.25) is 0 Å². The molecule has 1 aliphatic rings.